The molecule has 15 heavy (non-hydrogen) atoms. The molecular weight excluding hydrogens is 210 g/mol. The summed E-state index contributed by atoms with van der Waals surface area (Å²) in [4.78, 5) is 13.1. The molecule has 0 aliphatic rings. The van der Waals surface area contributed by atoms with Gasteiger partial charge < -0.3 is 4.74 Å². The number of pyridine rings is 1. The number of aromatic nitrogens is 1. The van der Waals surface area contributed by atoms with E-state index in [9.17, 15) is 18.9 Å². The van der Waals surface area contributed by atoms with Crippen LogP contribution in [0.15, 0.2) is 6.07 Å². The van der Waals surface area contributed by atoms with E-state index in [0.717, 1.165) is 0 Å². The molecule has 1 aromatic heterocycles. The van der Waals surface area contributed by atoms with Gasteiger partial charge in [-0.25, -0.2) is 13.8 Å². The molecule has 0 aliphatic carbocycles. The lowest BCUT2D eigenvalue weighted by atomic mass is 10.2. The number of methoxy groups -OCH3 is 1. The zero-order valence-corrected chi connectivity index (χ0v) is 8.03. The number of rotatable bonds is 3. The highest BCUT2D eigenvalue weighted by atomic mass is 19.3. The highest BCUT2D eigenvalue weighted by molar-refractivity contribution is 5.51. The van der Waals surface area contributed by atoms with Gasteiger partial charge in [0.2, 0.25) is 5.75 Å². The number of hydrogen-bond acceptors (Lipinski definition) is 4. The van der Waals surface area contributed by atoms with Crippen molar-refractivity contribution in [2.75, 3.05) is 7.11 Å². The van der Waals surface area contributed by atoms with Crippen molar-refractivity contribution in [3.05, 3.63) is 27.6 Å². The fourth-order valence-electron chi connectivity index (χ4n) is 1.15. The van der Waals surface area contributed by atoms with E-state index in [1.54, 1.807) is 0 Å². The third-order valence-electron chi connectivity index (χ3n) is 1.72. The minimum atomic E-state index is -3.00. The average molecular weight is 218 g/mol. The maximum Gasteiger partial charge on any atom is 0.338 e. The molecule has 0 radical (unpaired) electrons. The van der Waals surface area contributed by atoms with E-state index >= 15 is 0 Å². The molecule has 0 saturated carbocycles. The predicted molar refractivity (Wildman–Crippen MR) is 47.1 cm³/mol. The van der Waals surface area contributed by atoms with Gasteiger partial charge in [-0.3, -0.25) is 10.1 Å². The van der Waals surface area contributed by atoms with Crippen molar-refractivity contribution in [2.24, 2.45) is 0 Å². The minimum Gasteiger partial charge on any atom is -0.490 e. The molecule has 0 saturated heterocycles. The van der Waals surface area contributed by atoms with Crippen LogP contribution in [0.3, 0.4) is 0 Å². The van der Waals surface area contributed by atoms with Crippen LogP contribution in [-0.2, 0) is 0 Å². The van der Waals surface area contributed by atoms with Gasteiger partial charge in [-0.15, -0.1) is 0 Å². The number of halogens is 2. The molecule has 0 spiro atoms. The van der Waals surface area contributed by atoms with E-state index in [2.05, 4.69) is 9.72 Å². The lowest BCUT2D eigenvalue weighted by Crippen LogP contribution is -2.03. The normalized spacial score (nSPS) is 10.5. The predicted octanol–water partition coefficient (Wildman–Crippen LogP) is 2.24. The molecule has 0 N–H and O–H groups in total. The zero-order valence-electron chi connectivity index (χ0n) is 8.03. The van der Waals surface area contributed by atoms with Crippen LogP contribution in [0.1, 0.15) is 17.8 Å². The monoisotopic (exact) mass is 218 g/mol. The summed E-state index contributed by atoms with van der Waals surface area (Å²) in [6.07, 6.45) is -3.00. The van der Waals surface area contributed by atoms with Crippen LogP contribution in [0.4, 0.5) is 14.5 Å². The third-order valence-corrected chi connectivity index (χ3v) is 1.72. The van der Waals surface area contributed by atoms with Crippen molar-refractivity contribution in [2.45, 2.75) is 13.3 Å². The average Bonchev–Trinajstić information content (AvgIpc) is 2.15. The highest BCUT2D eigenvalue weighted by Gasteiger charge is 2.28. The van der Waals surface area contributed by atoms with E-state index < -0.39 is 22.7 Å². The molecule has 0 fully saturated rings. The Hall–Kier alpha value is -1.79. The van der Waals surface area contributed by atoms with Gasteiger partial charge in [-0.05, 0) is 6.92 Å². The first kappa shape index (κ1) is 11.3. The first-order valence-electron chi connectivity index (χ1n) is 3.95. The molecule has 0 amide bonds. The van der Waals surface area contributed by atoms with Crippen molar-refractivity contribution < 1.29 is 18.4 Å². The van der Waals surface area contributed by atoms with E-state index in [4.69, 9.17) is 0 Å². The van der Waals surface area contributed by atoms with Gasteiger partial charge in [-0.1, -0.05) is 0 Å². The van der Waals surface area contributed by atoms with E-state index in [-0.39, 0.29) is 11.4 Å². The molecule has 1 rings (SSSR count). The van der Waals surface area contributed by atoms with Crippen LogP contribution in [0.2, 0.25) is 0 Å². The Morgan fingerprint density at radius 1 is 1.60 bits per heavy atom. The Bertz CT molecular complexity index is 396. The van der Waals surface area contributed by atoms with Crippen molar-refractivity contribution >= 4 is 5.69 Å². The smallest absolute Gasteiger partial charge is 0.338 e. The summed E-state index contributed by atoms with van der Waals surface area (Å²) < 4.78 is 29.6. The quantitative estimate of drug-likeness (QED) is 0.576. The van der Waals surface area contributed by atoms with Crippen molar-refractivity contribution in [3.8, 4) is 5.75 Å². The minimum absolute atomic E-state index is 0.206. The lowest BCUT2D eigenvalue weighted by molar-refractivity contribution is -0.387. The second-order valence-corrected chi connectivity index (χ2v) is 2.76. The zero-order chi connectivity index (χ0) is 11.6. The number of aryl methyl sites for hydroxylation is 1. The molecule has 0 aliphatic heterocycles. The largest absolute Gasteiger partial charge is 0.490 e. The standard InChI is InChI=1S/C8H8F2N2O3/c1-4-3-5(15-2)7(12(13)14)6(11-4)8(9)10/h3,8H,1-2H3. The van der Waals surface area contributed by atoms with Gasteiger partial charge in [0.05, 0.1) is 12.0 Å². The van der Waals surface area contributed by atoms with Crippen molar-refractivity contribution in [1.82, 2.24) is 4.98 Å². The van der Waals surface area contributed by atoms with E-state index in [1.807, 2.05) is 0 Å². The number of hydrogen-bond donors (Lipinski definition) is 0. The second-order valence-electron chi connectivity index (χ2n) is 2.76. The molecule has 0 bridgehead atoms. The van der Waals surface area contributed by atoms with Crippen LogP contribution in [0, 0.1) is 17.0 Å². The van der Waals surface area contributed by atoms with Crippen LogP contribution >= 0.6 is 0 Å². The first-order valence-corrected chi connectivity index (χ1v) is 3.95. The maximum atomic E-state index is 12.5. The Balaban J connectivity index is 3.47. The molecule has 1 aromatic rings. The van der Waals surface area contributed by atoms with Crippen LogP contribution < -0.4 is 4.74 Å². The summed E-state index contributed by atoms with van der Waals surface area (Å²) >= 11 is 0. The maximum absolute atomic E-state index is 12.5. The molecular formula is C8H8F2N2O3. The Kier molecular flexibility index (Phi) is 3.13. The fraction of sp³-hybridized carbons (Fsp3) is 0.375. The number of ether oxygens (including phenoxy) is 1. The molecule has 1 heterocycles. The summed E-state index contributed by atoms with van der Waals surface area (Å²) in [5, 5.41) is 10.6. The molecule has 5 nitrogen and oxygen atoms in total. The fourth-order valence-corrected chi connectivity index (χ4v) is 1.15. The molecule has 0 atom stereocenters. The first-order chi connectivity index (χ1) is 6.97. The summed E-state index contributed by atoms with van der Waals surface area (Å²) in [6.45, 7) is 1.46. The van der Waals surface area contributed by atoms with Gasteiger partial charge in [-0.2, -0.15) is 0 Å². The highest BCUT2D eigenvalue weighted by Crippen LogP contribution is 2.35. The molecule has 7 heteroatoms. The van der Waals surface area contributed by atoms with Gasteiger partial charge in [0.1, 0.15) is 0 Å². The molecule has 82 valence electrons. The van der Waals surface area contributed by atoms with E-state index in [1.165, 1.54) is 20.1 Å². The second kappa shape index (κ2) is 4.16. The Labute approximate surface area is 83.8 Å². The number of nitro groups is 1. The third kappa shape index (κ3) is 2.17. The van der Waals surface area contributed by atoms with Crippen LogP contribution in [0.5, 0.6) is 5.75 Å². The van der Waals surface area contributed by atoms with Crippen LogP contribution in [0.25, 0.3) is 0 Å². The summed E-state index contributed by atoms with van der Waals surface area (Å²) in [6, 6.07) is 1.24. The SMILES string of the molecule is COc1cc(C)nc(C(F)F)c1[N+](=O)[O-]. The summed E-state index contributed by atoms with van der Waals surface area (Å²) in [5.74, 6) is -0.206. The van der Waals surface area contributed by atoms with Gasteiger partial charge in [0, 0.05) is 11.8 Å². The van der Waals surface area contributed by atoms with Crippen LogP contribution in [-0.4, -0.2) is 17.0 Å². The number of alkyl halides is 2. The van der Waals surface area contributed by atoms with Crippen molar-refractivity contribution in [1.29, 1.82) is 0 Å². The van der Waals surface area contributed by atoms with Crippen molar-refractivity contribution in [3.63, 3.8) is 0 Å². The summed E-state index contributed by atoms with van der Waals surface area (Å²) in [7, 11) is 1.18. The Morgan fingerprint density at radius 2 is 2.20 bits per heavy atom. The number of nitrogens with zero attached hydrogens (tertiary/aromatic N) is 2. The molecule has 0 aromatic carbocycles. The summed E-state index contributed by atoms with van der Waals surface area (Å²) in [5.41, 5.74) is -1.40. The van der Waals surface area contributed by atoms with Gasteiger partial charge >= 0.3 is 5.69 Å². The lowest BCUT2D eigenvalue weighted by Gasteiger charge is -2.06. The Morgan fingerprint density at radius 3 is 2.60 bits per heavy atom. The molecule has 0 unspecified atom stereocenters. The van der Waals surface area contributed by atoms with E-state index in [0.29, 0.717) is 0 Å². The van der Waals surface area contributed by atoms with Gasteiger partial charge in [0.15, 0.2) is 5.69 Å². The van der Waals surface area contributed by atoms with Gasteiger partial charge in [0.25, 0.3) is 6.43 Å². The topological polar surface area (TPSA) is 65.3 Å².